The van der Waals surface area contributed by atoms with Gasteiger partial charge < -0.3 is 0 Å². The van der Waals surface area contributed by atoms with Crippen LogP contribution in [0.5, 0.6) is 0 Å². The van der Waals surface area contributed by atoms with E-state index in [2.05, 4.69) is 4.98 Å². The zero-order valence-corrected chi connectivity index (χ0v) is 12.7. The lowest BCUT2D eigenvalue weighted by Gasteiger charge is -2.19. The van der Waals surface area contributed by atoms with E-state index in [9.17, 15) is 14.4 Å². The van der Waals surface area contributed by atoms with Gasteiger partial charge in [-0.15, -0.1) is 11.3 Å². The van der Waals surface area contributed by atoms with Gasteiger partial charge in [0.25, 0.3) is 5.56 Å². The van der Waals surface area contributed by atoms with Crippen molar-refractivity contribution < 1.29 is 9.59 Å². The van der Waals surface area contributed by atoms with Crippen LogP contribution in [0.4, 0.5) is 0 Å². The summed E-state index contributed by atoms with van der Waals surface area (Å²) in [5.74, 6) is -0.508. The summed E-state index contributed by atoms with van der Waals surface area (Å²) < 4.78 is 1.46. The predicted octanol–water partition coefficient (Wildman–Crippen LogP) is 1.43. The number of hydrogen-bond donors (Lipinski definition) is 0. The van der Waals surface area contributed by atoms with Crippen LogP contribution in [-0.4, -0.2) is 26.1 Å². The van der Waals surface area contributed by atoms with Crippen LogP contribution in [-0.2, 0) is 16.1 Å². The van der Waals surface area contributed by atoms with E-state index in [0.717, 1.165) is 25.7 Å². The van der Waals surface area contributed by atoms with Crippen molar-refractivity contribution in [2.75, 3.05) is 0 Å². The summed E-state index contributed by atoms with van der Waals surface area (Å²) in [6.07, 6.45) is 5.28. The Labute approximate surface area is 130 Å². The average molecular weight is 317 g/mol. The van der Waals surface area contributed by atoms with Crippen molar-refractivity contribution in [2.45, 2.75) is 32.2 Å². The Hall–Kier alpha value is -2.02. The van der Waals surface area contributed by atoms with Gasteiger partial charge in [-0.3, -0.25) is 23.7 Å². The summed E-state index contributed by atoms with van der Waals surface area (Å²) in [5, 5.41) is 1.79. The highest BCUT2D eigenvalue weighted by Gasteiger charge is 2.48. The lowest BCUT2D eigenvalue weighted by Crippen LogP contribution is -2.31. The second-order valence-electron chi connectivity index (χ2n) is 5.90. The van der Waals surface area contributed by atoms with Gasteiger partial charge in [0.1, 0.15) is 0 Å². The van der Waals surface area contributed by atoms with Crippen LogP contribution < -0.4 is 5.56 Å². The molecule has 7 heteroatoms. The normalized spacial score (nSPS) is 25.0. The lowest BCUT2D eigenvalue weighted by molar-refractivity contribution is -0.140. The minimum Gasteiger partial charge on any atom is -0.276 e. The number of fused-ring (bicyclic) bond motifs is 2. The first-order chi connectivity index (χ1) is 10.6. The molecule has 0 radical (unpaired) electrons. The number of rotatable bonds is 2. The fourth-order valence-electron chi connectivity index (χ4n) is 3.52. The number of hydrogen-bond acceptors (Lipinski definition) is 5. The fourth-order valence-corrected chi connectivity index (χ4v) is 4.26. The molecule has 0 bridgehead atoms. The monoisotopic (exact) mass is 317 g/mol. The maximum Gasteiger partial charge on any atom is 0.258 e. The predicted molar refractivity (Wildman–Crippen MR) is 80.3 cm³/mol. The number of imide groups is 1. The minimum atomic E-state index is -0.183. The maximum absolute atomic E-state index is 12.4. The van der Waals surface area contributed by atoms with E-state index in [0.29, 0.717) is 10.7 Å². The molecule has 1 aliphatic heterocycles. The van der Waals surface area contributed by atoms with Gasteiger partial charge in [0.2, 0.25) is 11.8 Å². The molecule has 2 amide bonds. The first kappa shape index (κ1) is 13.6. The van der Waals surface area contributed by atoms with Crippen LogP contribution in [0, 0.1) is 11.8 Å². The zero-order valence-electron chi connectivity index (χ0n) is 11.9. The van der Waals surface area contributed by atoms with Gasteiger partial charge in [-0.05, 0) is 12.8 Å². The maximum atomic E-state index is 12.4. The van der Waals surface area contributed by atoms with Crippen LogP contribution >= 0.6 is 11.3 Å². The fraction of sp³-hybridized carbons (Fsp3) is 0.467. The Morgan fingerprint density at radius 3 is 2.50 bits per heavy atom. The molecular weight excluding hydrogens is 302 g/mol. The molecule has 2 aliphatic rings. The van der Waals surface area contributed by atoms with E-state index in [-0.39, 0.29) is 35.8 Å². The standard InChI is InChI=1S/C15H15N3O3S/c19-12-7-9(16-15-17(12)5-6-22-15)8-18-13(20)10-3-1-2-4-11(10)14(18)21/h5-7,10-11H,1-4,8H2/t10-,11+. The van der Waals surface area contributed by atoms with Crippen molar-refractivity contribution >= 4 is 28.1 Å². The van der Waals surface area contributed by atoms with E-state index >= 15 is 0 Å². The van der Waals surface area contributed by atoms with Gasteiger partial charge >= 0.3 is 0 Å². The summed E-state index contributed by atoms with van der Waals surface area (Å²) in [5.41, 5.74) is 0.297. The summed E-state index contributed by atoms with van der Waals surface area (Å²) in [6, 6.07) is 1.41. The van der Waals surface area contributed by atoms with Crippen LogP contribution in [0.15, 0.2) is 22.4 Å². The van der Waals surface area contributed by atoms with Crippen LogP contribution in [0.3, 0.4) is 0 Å². The van der Waals surface area contributed by atoms with Crippen molar-refractivity contribution in [2.24, 2.45) is 11.8 Å². The number of amides is 2. The molecule has 0 spiro atoms. The number of aromatic nitrogens is 2. The number of thiazole rings is 1. The lowest BCUT2D eigenvalue weighted by atomic mass is 9.81. The molecule has 6 nitrogen and oxygen atoms in total. The molecule has 0 unspecified atom stereocenters. The van der Waals surface area contributed by atoms with Gasteiger partial charge in [-0.2, -0.15) is 0 Å². The van der Waals surface area contributed by atoms with Crippen molar-refractivity contribution in [3.8, 4) is 0 Å². The summed E-state index contributed by atoms with van der Waals surface area (Å²) in [4.78, 5) is 43.2. The van der Waals surface area contributed by atoms with E-state index < -0.39 is 0 Å². The molecule has 2 aromatic heterocycles. The number of carbonyl (C=O) groups is 2. The molecule has 1 aliphatic carbocycles. The molecule has 3 heterocycles. The van der Waals surface area contributed by atoms with Gasteiger partial charge in [0.15, 0.2) is 4.96 Å². The third-order valence-corrected chi connectivity index (χ3v) is 5.37. The Balaban J connectivity index is 1.65. The Morgan fingerprint density at radius 1 is 1.14 bits per heavy atom. The summed E-state index contributed by atoms with van der Waals surface area (Å²) >= 11 is 1.36. The molecule has 1 saturated heterocycles. The minimum absolute atomic E-state index is 0.0946. The Morgan fingerprint density at radius 2 is 1.82 bits per heavy atom. The third-order valence-electron chi connectivity index (χ3n) is 4.61. The van der Waals surface area contributed by atoms with Gasteiger partial charge in [0, 0.05) is 17.6 Å². The molecule has 0 aromatic carbocycles. The summed E-state index contributed by atoms with van der Waals surface area (Å²) in [7, 11) is 0. The molecule has 1 saturated carbocycles. The van der Waals surface area contributed by atoms with Crippen LogP contribution in [0.25, 0.3) is 4.96 Å². The Kier molecular flexibility index (Phi) is 3.11. The highest BCUT2D eigenvalue weighted by atomic mass is 32.1. The number of carbonyl (C=O) groups excluding carboxylic acids is 2. The molecule has 2 fully saturated rings. The number of nitrogens with zero attached hydrogens (tertiary/aromatic N) is 3. The van der Waals surface area contributed by atoms with Crippen molar-refractivity contribution in [1.82, 2.24) is 14.3 Å². The second kappa shape index (κ2) is 5.01. The molecule has 2 atom stereocenters. The first-order valence-electron chi connectivity index (χ1n) is 7.46. The highest BCUT2D eigenvalue weighted by molar-refractivity contribution is 7.15. The Bertz CT molecular complexity index is 801. The molecule has 114 valence electrons. The quantitative estimate of drug-likeness (QED) is 0.786. The highest BCUT2D eigenvalue weighted by Crippen LogP contribution is 2.38. The molecule has 4 rings (SSSR count). The number of likely N-dealkylation sites (tertiary alicyclic amines) is 1. The van der Waals surface area contributed by atoms with E-state index in [1.165, 1.54) is 26.7 Å². The van der Waals surface area contributed by atoms with Crippen molar-refractivity contribution in [1.29, 1.82) is 0 Å². The average Bonchev–Trinajstić information content (AvgIpc) is 3.08. The second-order valence-corrected chi connectivity index (χ2v) is 6.77. The van der Waals surface area contributed by atoms with Crippen molar-refractivity contribution in [3.05, 3.63) is 33.7 Å². The van der Waals surface area contributed by atoms with Crippen molar-refractivity contribution in [3.63, 3.8) is 0 Å². The largest absolute Gasteiger partial charge is 0.276 e. The summed E-state index contributed by atoms with van der Waals surface area (Å²) in [6.45, 7) is 0.105. The van der Waals surface area contributed by atoms with Crippen LogP contribution in [0.2, 0.25) is 0 Å². The molecule has 22 heavy (non-hydrogen) atoms. The SMILES string of the molecule is O=C1[C@H]2CCCC[C@H]2C(=O)N1Cc1cc(=O)n2ccsc2n1. The van der Waals surface area contributed by atoms with E-state index in [1.807, 2.05) is 0 Å². The van der Waals surface area contributed by atoms with E-state index in [4.69, 9.17) is 0 Å². The van der Waals surface area contributed by atoms with E-state index in [1.54, 1.807) is 11.6 Å². The van der Waals surface area contributed by atoms with Gasteiger partial charge in [0.05, 0.1) is 24.1 Å². The molecule has 0 N–H and O–H groups in total. The zero-order chi connectivity index (χ0) is 15.3. The van der Waals surface area contributed by atoms with Crippen LogP contribution in [0.1, 0.15) is 31.4 Å². The topological polar surface area (TPSA) is 71.8 Å². The molecular formula is C15H15N3O3S. The third kappa shape index (κ3) is 1.99. The van der Waals surface area contributed by atoms with Gasteiger partial charge in [-0.1, -0.05) is 12.8 Å². The molecule has 2 aromatic rings. The smallest absolute Gasteiger partial charge is 0.258 e. The van der Waals surface area contributed by atoms with Gasteiger partial charge in [-0.25, -0.2) is 4.98 Å². The first-order valence-corrected chi connectivity index (χ1v) is 8.34.